The Morgan fingerprint density at radius 2 is 2.05 bits per heavy atom. The number of aromatic nitrogens is 2. The monoisotopic (exact) mass is 376 g/mol. The van der Waals surface area contributed by atoms with Gasteiger partial charge < -0.3 is 5.11 Å². The molecule has 1 N–H and O–H groups in total. The molecule has 0 fully saturated rings. The molecule has 108 valence electrons. The van der Waals surface area contributed by atoms with Crippen LogP contribution in [0.25, 0.3) is 0 Å². The topological polar surface area (TPSA) is 38.0 Å². The van der Waals surface area contributed by atoms with Gasteiger partial charge in [0.1, 0.15) is 0 Å². The molecule has 2 aromatic rings. The van der Waals surface area contributed by atoms with Crippen LogP contribution in [0.3, 0.4) is 0 Å². The van der Waals surface area contributed by atoms with Crippen LogP contribution in [0.15, 0.2) is 22.7 Å². The van der Waals surface area contributed by atoms with Gasteiger partial charge in [-0.1, -0.05) is 29.3 Å². The highest BCUT2D eigenvalue weighted by Crippen LogP contribution is 2.29. The van der Waals surface area contributed by atoms with Crippen molar-refractivity contribution in [3.63, 3.8) is 0 Å². The zero-order valence-corrected chi connectivity index (χ0v) is 14.3. The highest BCUT2D eigenvalue weighted by molar-refractivity contribution is 9.10. The molecule has 0 aliphatic carbocycles. The first-order valence-electron chi connectivity index (χ1n) is 6.28. The fraction of sp³-hybridized carbons (Fsp3) is 0.357. The molecule has 0 spiro atoms. The molecule has 1 aromatic carbocycles. The maximum Gasteiger partial charge on any atom is 0.0846 e. The summed E-state index contributed by atoms with van der Waals surface area (Å²) >= 11 is 15.4. The summed E-state index contributed by atoms with van der Waals surface area (Å²) in [7, 11) is 0. The van der Waals surface area contributed by atoms with Crippen molar-refractivity contribution in [1.29, 1.82) is 0 Å². The Morgan fingerprint density at radius 1 is 1.35 bits per heavy atom. The Kier molecular flexibility index (Phi) is 5.13. The number of halogens is 3. The largest absolute Gasteiger partial charge is 0.388 e. The van der Waals surface area contributed by atoms with Gasteiger partial charge in [-0.2, -0.15) is 5.10 Å². The fourth-order valence-corrected chi connectivity index (χ4v) is 2.84. The van der Waals surface area contributed by atoms with Crippen molar-refractivity contribution < 1.29 is 5.11 Å². The van der Waals surface area contributed by atoms with Crippen molar-refractivity contribution in [3.8, 4) is 0 Å². The van der Waals surface area contributed by atoms with Crippen molar-refractivity contribution in [2.45, 2.75) is 32.9 Å². The van der Waals surface area contributed by atoms with E-state index in [1.807, 2.05) is 18.5 Å². The first-order valence-corrected chi connectivity index (χ1v) is 7.83. The summed E-state index contributed by atoms with van der Waals surface area (Å²) in [5, 5.41) is 15.7. The third-order valence-corrected chi connectivity index (χ3v) is 4.94. The van der Waals surface area contributed by atoms with Crippen LogP contribution in [0.1, 0.15) is 30.0 Å². The van der Waals surface area contributed by atoms with Crippen molar-refractivity contribution in [3.05, 3.63) is 49.7 Å². The summed E-state index contributed by atoms with van der Waals surface area (Å²) in [6, 6.07) is 5.17. The molecule has 3 nitrogen and oxygen atoms in total. The maximum atomic E-state index is 10.4. The van der Waals surface area contributed by atoms with Crippen molar-refractivity contribution in [2.24, 2.45) is 0 Å². The average molecular weight is 378 g/mol. The third kappa shape index (κ3) is 3.19. The van der Waals surface area contributed by atoms with Crippen LogP contribution in [-0.2, 0) is 13.0 Å². The molecule has 1 atom stereocenters. The number of nitrogens with zero attached hydrogens (tertiary/aromatic N) is 2. The fourth-order valence-electron chi connectivity index (χ4n) is 2.08. The Hall–Kier alpha value is -0.550. The smallest absolute Gasteiger partial charge is 0.0846 e. The molecule has 2 rings (SSSR count). The number of rotatable bonds is 4. The van der Waals surface area contributed by atoms with E-state index in [0.29, 0.717) is 16.5 Å². The summed E-state index contributed by atoms with van der Waals surface area (Å²) in [4.78, 5) is 0. The van der Waals surface area contributed by atoms with E-state index in [4.69, 9.17) is 23.2 Å². The zero-order valence-electron chi connectivity index (χ0n) is 11.2. The summed E-state index contributed by atoms with van der Waals surface area (Å²) in [5.74, 6) is 0. The number of aryl methyl sites for hydroxylation is 2. The number of benzene rings is 1. The number of hydrogen-bond donors (Lipinski definition) is 1. The lowest BCUT2D eigenvalue weighted by molar-refractivity contribution is 0.175. The second-order valence-electron chi connectivity index (χ2n) is 4.56. The maximum absolute atomic E-state index is 10.4. The van der Waals surface area contributed by atoms with Crippen LogP contribution < -0.4 is 0 Å². The molecule has 1 heterocycles. The van der Waals surface area contributed by atoms with Gasteiger partial charge >= 0.3 is 0 Å². The van der Waals surface area contributed by atoms with E-state index in [-0.39, 0.29) is 0 Å². The second kappa shape index (κ2) is 6.48. The van der Waals surface area contributed by atoms with Gasteiger partial charge in [-0.15, -0.1) is 0 Å². The molecule has 0 aliphatic rings. The number of aliphatic hydroxyl groups excluding tert-OH is 1. The lowest BCUT2D eigenvalue weighted by atomic mass is 10.0. The summed E-state index contributed by atoms with van der Waals surface area (Å²) in [6.45, 7) is 4.72. The van der Waals surface area contributed by atoms with Gasteiger partial charge in [0, 0.05) is 13.0 Å². The van der Waals surface area contributed by atoms with E-state index >= 15 is 0 Å². The van der Waals surface area contributed by atoms with Crippen LogP contribution in [0.2, 0.25) is 10.0 Å². The highest BCUT2D eigenvalue weighted by atomic mass is 79.9. The molecular formula is C14H15BrCl2N2O. The van der Waals surface area contributed by atoms with Gasteiger partial charge in [-0.3, -0.25) is 4.68 Å². The zero-order chi connectivity index (χ0) is 14.9. The van der Waals surface area contributed by atoms with Gasteiger partial charge in [0.15, 0.2) is 0 Å². The molecule has 0 aliphatic heterocycles. The Balaban J connectivity index is 2.27. The Labute approximate surface area is 136 Å². The number of aliphatic hydroxyl groups is 1. The quantitative estimate of drug-likeness (QED) is 0.848. The predicted molar refractivity (Wildman–Crippen MR) is 85.5 cm³/mol. The summed E-state index contributed by atoms with van der Waals surface area (Å²) in [6.07, 6.45) is -0.185. The number of hydrogen-bond acceptors (Lipinski definition) is 2. The highest BCUT2D eigenvalue weighted by Gasteiger charge is 2.17. The normalized spacial score (nSPS) is 12.7. The van der Waals surface area contributed by atoms with Gasteiger partial charge in [0.2, 0.25) is 0 Å². The van der Waals surface area contributed by atoms with Crippen molar-refractivity contribution >= 4 is 39.1 Å². The van der Waals surface area contributed by atoms with Gasteiger partial charge in [-0.05, 0) is 47.5 Å². The van der Waals surface area contributed by atoms with E-state index < -0.39 is 6.10 Å². The molecule has 0 saturated carbocycles. The average Bonchev–Trinajstić information content (AvgIpc) is 2.69. The second-order valence-corrected chi connectivity index (χ2v) is 6.16. The van der Waals surface area contributed by atoms with Crippen LogP contribution in [-0.4, -0.2) is 14.9 Å². The Morgan fingerprint density at radius 3 is 2.65 bits per heavy atom. The van der Waals surface area contributed by atoms with E-state index in [1.54, 1.807) is 18.2 Å². The van der Waals surface area contributed by atoms with Crippen LogP contribution in [0.4, 0.5) is 0 Å². The van der Waals surface area contributed by atoms with Crippen LogP contribution in [0, 0.1) is 6.92 Å². The molecule has 0 saturated heterocycles. The minimum absolute atomic E-state index is 0.447. The first kappa shape index (κ1) is 15.8. The van der Waals surface area contributed by atoms with E-state index in [2.05, 4.69) is 21.0 Å². The molecule has 0 bridgehead atoms. The molecule has 1 aromatic heterocycles. The van der Waals surface area contributed by atoms with Crippen LogP contribution >= 0.6 is 39.1 Å². The standard InChI is InChI=1S/C14H15BrCl2N2O/c1-3-19-12(14(15)8(2)18-19)7-13(20)9-4-5-10(16)11(17)6-9/h4-6,13,20H,3,7H2,1-2H3. The van der Waals surface area contributed by atoms with Crippen molar-refractivity contribution in [1.82, 2.24) is 9.78 Å². The van der Waals surface area contributed by atoms with Gasteiger partial charge in [-0.25, -0.2) is 0 Å². The van der Waals surface area contributed by atoms with Gasteiger partial charge in [0.05, 0.1) is 32.0 Å². The van der Waals surface area contributed by atoms with E-state index in [9.17, 15) is 5.11 Å². The Bertz CT molecular complexity index is 628. The summed E-state index contributed by atoms with van der Waals surface area (Å²) in [5.41, 5.74) is 2.64. The molecule has 0 amide bonds. The lowest BCUT2D eigenvalue weighted by Gasteiger charge is -2.13. The third-order valence-electron chi connectivity index (χ3n) is 3.17. The predicted octanol–water partition coefficient (Wildman–Crippen LogP) is 4.56. The minimum atomic E-state index is -0.650. The molecule has 0 radical (unpaired) electrons. The van der Waals surface area contributed by atoms with Crippen LogP contribution in [0.5, 0.6) is 0 Å². The summed E-state index contributed by atoms with van der Waals surface area (Å²) < 4.78 is 2.83. The molecule has 20 heavy (non-hydrogen) atoms. The van der Waals surface area contributed by atoms with Crippen molar-refractivity contribution in [2.75, 3.05) is 0 Å². The minimum Gasteiger partial charge on any atom is -0.388 e. The molecule has 6 heteroatoms. The van der Waals surface area contributed by atoms with E-state index in [1.165, 1.54) is 0 Å². The lowest BCUT2D eigenvalue weighted by Crippen LogP contribution is -2.09. The first-order chi connectivity index (χ1) is 9.43. The SMILES string of the molecule is CCn1nc(C)c(Br)c1CC(O)c1ccc(Cl)c(Cl)c1. The molecular weight excluding hydrogens is 363 g/mol. The van der Waals surface area contributed by atoms with Gasteiger partial charge in [0.25, 0.3) is 0 Å². The van der Waals surface area contributed by atoms with E-state index in [0.717, 1.165) is 28.0 Å². The molecule has 1 unspecified atom stereocenters.